The van der Waals surface area contributed by atoms with E-state index in [0.717, 1.165) is 25.1 Å². The number of hydrogen-bond donors (Lipinski definition) is 1. The molecule has 1 fully saturated rings. The fourth-order valence-electron chi connectivity index (χ4n) is 3.99. The van der Waals surface area contributed by atoms with E-state index >= 15 is 0 Å². The van der Waals surface area contributed by atoms with E-state index in [0.29, 0.717) is 31.0 Å². The van der Waals surface area contributed by atoms with Crippen molar-refractivity contribution < 1.29 is 19.4 Å². The minimum absolute atomic E-state index is 0.119. The number of amides is 1. The predicted molar refractivity (Wildman–Crippen MR) is 125 cm³/mol. The normalized spacial score (nSPS) is 17.9. The fraction of sp³-hybridized carbons (Fsp3) is 0.385. The summed E-state index contributed by atoms with van der Waals surface area (Å²) in [7, 11) is 0. The van der Waals surface area contributed by atoms with Gasteiger partial charge in [-0.1, -0.05) is 63.2 Å². The van der Waals surface area contributed by atoms with Gasteiger partial charge in [-0.2, -0.15) is 0 Å². The van der Waals surface area contributed by atoms with Crippen molar-refractivity contribution >= 4 is 17.4 Å². The molecule has 1 atom stereocenters. The van der Waals surface area contributed by atoms with E-state index < -0.39 is 17.7 Å². The van der Waals surface area contributed by atoms with Crippen molar-refractivity contribution in [2.75, 3.05) is 32.8 Å². The third-order valence-electron chi connectivity index (χ3n) is 5.79. The van der Waals surface area contributed by atoms with Crippen LogP contribution in [0.15, 0.2) is 60.2 Å². The van der Waals surface area contributed by atoms with E-state index in [4.69, 9.17) is 4.74 Å². The second kappa shape index (κ2) is 11.0. The molecule has 1 saturated heterocycles. The van der Waals surface area contributed by atoms with Gasteiger partial charge in [0.2, 0.25) is 0 Å². The van der Waals surface area contributed by atoms with Gasteiger partial charge < -0.3 is 19.6 Å². The average Bonchev–Trinajstić information content (AvgIpc) is 3.08. The van der Waals surface area contributed by atoms with E-state index in [1.807, 2.05) is 37.3 Å². The highest BCUT2D eigenvalue weighted by Gasteiger charge is 2.46. The lowest BCUT2D eigenvalue weighted by Gasteiger charge is -2.28. The maximum Gasteiger partial charge on any atom is 0.295 e. The van der Waals surface area contributed by atoms with Crippen molar-refractivity contribution in [1.29, 1.82) is 0 Å². The number of Topliss-reactive ketones (excluding diaryl/α,β-unsaturated/α-hetero) is 1. The molecule has 0 bridgehead atoms. The van der Waals surface area contributed by atoms with Crippen LogP contribution in [-0.4, -0.2) is 59.4 Å². The molecule has 0 aromatic heterocycles. The van der Waals surface area contributed by atoms with Crippen LogP contribution in [0.5, 0.6) is 5.75 Å². The van der Waals surface area contributed by atoms with Gasteiger partial charge in [0.1, 0.15) is 11.5 Å². The average molecular weight is 437 g/mol. The Kier molecular flexibility index (Phi) is 8.06. The molecule has 1 aliphatic heterocycles. The fourth-order valence-corrected chi connectivity index (χ4v) is 3.99. The first-order valence-corrected chi connectivity index (χ1v) is 11.3. The summed E-state index contributed by atoms with van der Waals surface area (Å²) in [6.07, 6.45) is 0.876. The van der Waals surface area contributed by atoms with Crippen LogP contribution < -0.4 is 4.74 Å². The molecule has 0 spiro atoms. The number of aliphatic hydroxyl groups is 1. The largest absolute Gasteiger partial charge is 0.507 e. The smallest absolute Gasteiger partial charge is 0.295 e. The molecule has 1 unspecified atom stereocenters. The number of rotatable bonds is 10. The SMILES string of the molecule is CCCOc1cccc(C2/C(=C(/O)c3ccccc3)C(=O)C(=O)N2CCN(CC)CC)c1. The molecular formula is C26H32N2O4. The van der Waals surface area contributed by atoms with Crippen LogP contribution in [-0.2, 0) is 9.59 Å². The maximum absolute atomic E-state index is 13.1. The summed E-state index contributed by atoms with van der Waals surface area (Å²) in [4.78, 5) is 29.9. The van der Waals surface area contributed by atoms with Crippen molar-refractivity contribution in [1.82, 2.24) is 9.80 Å². The standard InChI is InChI=1S/C26H32N2O4/c1-4-17-32-21-14-10-13-20(18-21)23-22(24(29)19-11-8-7-9-12-19)25(30)26(31)28(23)16-15-27(5-2)6-3/h7-14,18,23,29H,4-6,15-17H2,1-3H3/b24-22-. The van der Waals surface area contributed by atoms with Crippen molar-refractivity contribution in [2.45, 2.75) is 33.2 Å². The molecule has 2 aromatic rings. The highest BCUT2D eigenvalue weighted by Crippen LogP contribution is 2.40. The highest BCUT2D eigenvalue weighted by atomic mass is 16.5. The molecule has 1 aliphatic rings. The monoisotopic (exact) mass is 436 g/mol. The van der Waals surface area contributed by atoms with Crippen molar-refractivity contribution in [3.8, 4) is 5.75 Å². The maximum atomic E-state index is 13.1. The van der Waals surface area contributed by atoms with Gasteiger partial charge in [-0.05, 0) is 37.2 Å². The lowest BCUT2D eigenvalue weighted by atomic mass is 9.95. The summed E-state index contributed by atoms with van der Waals surface area (Å²) in [5, 5.41) is 11.1. The second-order valence-electron chi connectivity index (χ2n) is 7.81. The molecule has 1 N–H and O–H groups in total. The Morgan fingerprint density at radius 2 is 1.75 bits per heavy atom. The molecular weight excluding hydrogens is 404 g/mol. The first-order valence-electron chi connectivity index (χ1n) is 11.3. The van der Waals surface area contributed by atoms with Crippen LogP contribution in [0.1, 0.15) is 44.4 Å². The van der Waals surface area contributed by atoms with Gasteiger partial charge >= 0.3 is 0 Å². The second-order valence-corrected chi connectivity index (χ2v) is 7.81. The van der Waals surface area contributed by atoms with Crippen LogP contribution in [0.25, 0.3) is 5.76 Å². The van der Waals surface area contributed by atoms with Crippen LogP contribution in [0.3, 0.4) is 0 Å². The summed E-state index contributed by atoms with van der Waals surface area (Å²) >= 11 is 0. The Morgan fingerprint density at radius 1 is 1.03 bits per heavy atom. The molecule has 1 amide bonds. The minimum atomic E-state index is -0.670. The third-order valence-corrected chi connectivity index (χ3v) is 5.79. The van der Waals surface area contributed by atoms with E-state index in [2.05, 4.69) is 18.7 Å². The zero-order valence-electron chi connectivity index (χ0n) is 19.1. The Labute approximate surface area is 190 Å². The van der Waals surface area contributed by atoms with Gasteiger partial charge in [-0.15, -0.1) is 0 Å². The molecule has 0 aliphatic carbocycles. The summed E-state index contributed by atoms with van der Waals surface area (Å²) in [6.45, 7) is 9.50. The van der Waals surface area contributed by atoms with Crippen LogP contribution in [0.4, 0.5) is 0 Å². The Hall–Kier alpha value is -3.12. The van der Waals surface area contributed by atoms with E-state index in [1.54, 1.807) is 29.2 Å². The number of nitrogens with zero attached hydrogens (tertiary/aromatic N) is 2. The topological polar surface area (TPSA) is 70.1 Å². The number of carbonyl (C=O) groups excluding carboxylic acids is 2. The Morgan fingerprint density at radius 3 is 2.41 bits per heavy atom. The van der Waals surface area contributed by atoms with Crippen LogP contribution in [0.2, 0.25) is 0 Å². The lowest BCUT2D eigenvalue weighted by molar-refractivity contribution is -0.140. The summed E-state index contributed by atoms with van der Waals surface area (Å²) < 4.78 is 5.78. The quantitative estimate of drug-likeness (QED) is 0.343. The zero-order valence-corrected chi connectivity index (χ0v) is 19.1. The molecule has 1 heterocycles. The number of hydrogen-bond acceptors (Lipinski definition) is 5. The van der Waals surface area contributed by atoms with Gasteiger partial charge in [0.25, 0.3) is 11.7 Å². The molecule has 6 heteroatoms. The van der Waals surface area contributed by atoms with E-state index in [-0.39, 0.29) is 11.3 Å². The van der Waals surface area contributed by atoms with E-state index in [9.17, 15) is 14.7 Å². The number of aliphatic hydroxyl groups excluding tert-OH is 1. The van der Waals surface area contributed by atoms with E-state index in [1.165, 1.54) is 0 Å². The van der Waals surface area contributed by atoms with Gasteiger partial charge in [-0.25, -0.2) is 0 Å². The number of ketones is 1. The molecule has 170 valence electrons. The number of ether oxygens (including phenoxy) is 1. The lowest BCUT2D eigenvalue weighted by Crippen LogP contribution is -2.38. The molecule has 6 nitrogen and oxygen atoms in total. The zero-order chi connectivity index (χ0) is 23.1. The first kappa shape index (κ1) is 23.5. The Bertz CT molecular complexity index is 967. The molecule has 2 aromatic carbocycles. The molecule has 0 radical (unpaired) electrons. The molecule has 32 heavy (non-hydrogen) atoms. The number of benzene rings is 2. The minimum Gasteiger partial charge on any atom is -0.507 e. The highest BCUT2D eigenvalue weighted by molar-refractivity contribution is 6.46. The first-order chi connectivity index (χ1) is 15.5. The van der Waals surface area contributed by atoms with Crippen molar-refractivity contribution in [3.05, 3.63) is 71.3 Å². The van der Waals surface area contributed by atoms with Crippen molar-refractivity contribution in [3.63, 3.8) is 0 Å². The van der Waals surface area contributed by atoms with Gasteiger partial charge in [-0.3, -0.25) is 9.59 Å². The predicted octanol–water partition coefficient (Wildman–Crippen LogP) is 4.24. The van der Waals surface area contributed by atoms with Crippen LogP contribution in [0, 0.1) is 0 Å². The van der Waals surface area contributed by atoms with Gasteiger partial charge in [0, 0.05) is 18.7 Å². The molecule has 3 rings (SSSR count). The summed E-state index contributed by atoms with van der Waals surface area (Å²) in [5.74, 6) is -0.715. The molecule has 0 saturated carbocycles. The van der Waals surface area contributed by atoms with Gasteiger partial charge in [0.15, 0.2) is 0 Å². The summed E-state index contributed by atoms with van der Waals surface area (Å²) in [6, 6.07) is 15.7. The third kappa shape index (κ3) is 5.02. The van der Waals surface area contributed by atoms with Gasteiger partial charge in [0.05, 0.1) is 18.2 Å². The number of carbonyl (C=O) groups is 2. The Balaban J connectivity index is 2.07. The number of likely N-dealkylation sites (tertiary alicyclic amines) is 1. The number of likely N-dealkylation sites (N-methyl/N-ethyl adjacent to an activating group) is 1. The van der Waals surface area contributed by atoms with Crippen molar-refractivity contribution in [2.24, 2.45) is 0 Å². The summed E-state index contributed by atoms with van der Waals surface area (Å²) in [5.41, 5.74) is 1.38. The van der Waals surface area contributed by atoms with Crippen LogP contribution >= 0.6 is 0 Å².